The monoisotopic (exact) mass is 365 g/mol. The Morgan fingerprint density at radius 1 is 0.885 bits per heavy atom. The molecule has 0 aromatic rings. The normalized spacial score (nSPS) is 12.5. The Balaban J connectivity index is 3.31. The van der Waals surface area contributed by atoms with E-state index >= 15 is 0 Å². The number of hydrogen-bond acceptors (Lipinski definition) is 3. The van der Waals surface area contributed by atoms with Crippen LogP contribution in [0.15, 0.2) is 29.4 Å². The van der Waals surface area contributed by atoms with Crippen LogP contribution in [0.2, 0.25) is 0 Å². The summed E-state index contributed by atoms with van der Waals surface area (Å²) in [6.45, 7) is -0.0751. The molecule has 0 rings (SSSR count). The lowest BCUT2D eigenvalue weighted by molar-refractivity contribution is -0.137. The second-order valence-corrected chi connectivity index (χ2v) is 6.55. The van der Waals surface area contributed by atoms with E-state index in [0.29, 0.717) is 0 Å². The zero-order valence-corrected chi connectivity index (χ0v) is 15.9. The predicted molar refractivity (Wildman–Crippen MR) is 106 cm³/mol. The Kier molecular flexibility index (Phi) is 18.2. The third kappa shape index (κ3) is 18.6. The molecule has 0 amide bonds. The highest BCUT2D eigenvalue weighted by Gasteiger charge is 2.02. The molecule has 6 nitrogen and oxygen atoms in total. The van der Waals surface area contributed by atoms with E-state index in [4.69, 9.17) is 15.7 Å². The Bertz CT molecular complexity index is 444. The van der Waals surface area contributed by atoms with Gasteiger partial charge in [0.05, 0.1) is 12.6 Å². The molecular formula is C20H35N3O3. The molecule has 148 valence electrons. The third-order valence-corrected chi connectivity index (χ3v) is 4.17. The molecule has 0 aliphatic heterocycles. The molecule has 0 aliphatic rings. The summed E-state index contributed by atoms with van der Waals surface area (Å²) in [7, 11) is 0. The van der Waals surface area contributed by atoms with Crippen molar-refractivity contribution in [1.29, 1.82) is 0 Å². The smallest absolute Gasteiger partial charge is 0.303 e. The van der Waals surface area contributed by atoms with Crippen molar-refractivity contribution in [2.75, 3.05) is 6.61 Å². The third-order valence-electron chi connectivity index (χ3n) is 4.17. The van der Waals surface area contributed by atoms with Crippen LogP contribution in [0.1, 0.15) is 83.5 Å². The molecule has 0 radical (unpaired) electrons. The van der Waals surface area contributed by atoms with Gasteiger partial charge in [0, 0.05) is 11.3 Å². The summed E-state index contributed by atoms with van der Waals surface area (Å²) in [6.07, 6.45) is 21.6. The number of azide groups is 1. The Morgan fingerprint density at radius 3 is 1.88 bits per heavy atom. The number of aliphatic hydroxyl groups excluding tert-OH is 1. The molecular weight excluding hydrogens is 330 g/mol. The van der Waals surface area contributed by atoms with Crippen molar-refractivity contribution >= 4 is 5.97 Å². The number of allylic oxidation sites excluding steroid dienone is 4. The number of rotatable bonds is 18. The van der Waals surface area contributed by atoms with Crippen molar-refractivity contribution < 1.29 is 15.0 Å². The van der Waals surface area contributed by atoms with Gasteiger partial charge in [0.25, 0.3) is 0 Å². The molecule has 0 saturated carbocycles. The first-order valence-corrected chi connectivity index (χ1v) is 9.87. The van der Waals surface area contributed by atoms with E-state index in [0.717, 1.165) is 44.9 Å². The molecule has 0 spiro atoms. The van der Waals surface area contributed by atoms with Crippen LogP contribution in [0.25, 0.3) is 10.4 Å². The minimum Gasteiger partial charge on any atom is -0.481 e. The van der Waals surface area contributed by atoms with Crippen molar-refractivity contribution in [2.45, 2.75) is 89.5 Å². The molecule has 0 aliphatic carbocycles. The summed E-state index contributed by atoms with van der Waals surface area (Å²) in [4.78, 5) is 13.1. The van der Waals surface area contributed by atoms with Gasteiger partial charge < -0.3 is 10.2 Å². The first kappa shape index (κ1) is 24.2. The topological polar surface area (TPSA) is 106 Å². The van der Waals surface area contributed by atoms with Crippen molar-refractivity contribution in [3.63, 3.8) is 0 Å². The number of hydrogen-bond donors (Lipinski definition) is 2. The maximum atomic E-state index is 10.4. The van der Waals surface area contributed by atoms with Crippen LogP contribution < -0.4 is 0 Å². The second kappa shape index (κ2) is 19.5. The van der Waals surface area contributed by atoms with Gasteiger partial charge in [-0.25, -0.2) is 0 Å². The highest BCUT2D eigenvalue weighted by molar-refractivity contribution is 5.66. The van der Waals surface area contributed by atoms with Gasteiger partial charge in [-0.3, -0.25) is 4.79 Å². The Morgan fingerprint density at radius 2 is 1.38 bits per heavy atom. The van der Waals surface area contributed by atoms with Gasteiger partial charge in [0.2, 0.25) is 0 Å². The first-order valence-electron chi connectivity index (χ1n) is 9.87. The largest absolute Gasteiger partial charge is 0.481 e. The minimum absolute atomic E-state index is 0.0751. The summed E-state index contributed by atoms with van der Waals surface area (Å²) in [5.74, 6) is -0.714. The minimum atomic E-state index is -0.714. The number of carboxylic acids is 1. The number of nitrogens with zero attached hydrogens (tertiary/aromatic N) is 3. The fraction of sp³-hybridized carbons (Fsp3) is 0.750. The average molecular weight is 366 g/mol. The summed E-state index contributed by atoms with van der Waals surface area (Å²) in [6, 6.07) is -0.284. The quantitative estimate of drug-likeness (QED) is 0.103. The molecule has 0 saturated heterocycles. The van der Waals surface area contributed by atoms with E-state index < -0.39 is 5.97 Å². The number of unbranched alkanes of at least 4 members (excludes halogenated alkanes) is 8. The highest BCUT2D eigenvalue weighted by atomic mass is 16.4. The summed E-state index contributed by atoms with van der Waals surface area (Å²) in [5.41, 5.74) is 8.33. The van der Waals surface area contributed by atoms with E-state index in [-0.39, 0.29) is 19.1 Å². The van der Waals surface area contributed by atoms with Gasteiger partial charge in [-0.15, -0.1) is 0 Å². The number of aliphatic carboxylic acids is 1. The zero-order chi connectivity index (χ0) is 19.3. The second-order valence-electron chi connectivity index (χ2n) is 6.55. The van der Waals surface area contributed by atoms with Crippen LogP contribution in [0.5, 0.6) is 0 Å². The molecule has 0 aromatic carbocycles. The molecule has 0 bridgehead atoms. The summed E-state index contributed by atoms with van der Waals surface area (Å²) < 4.78 is 0. The maximum absolute atomic E-state index is 10.4. The number of carboxylic acid groups (broad SMARTS) is 1. The summed E-state index contributed by atoms with van der Waals surface area (Å²) in [5, 5.41) is 21.1. The van der Waals surface area contributed by atoms with Gasteiger partial charge in [0.1, 0.15) is 0 Å². The molecule has 6 heteroatoms. The number of aliphatic hydroxyl groups is 1. The Labute approximate surface area is 157 Å². The van der Waals surface area contributed by atoms with E-state index in [9.17, 15) is 4.79 Å². The van der Waals surface area contributed by atoms with E-state index in [1.807, 2.05) is 0 Å². The van der Waals surface area contributed by atoms with Crippen LogP contribution in [0.3, 0.4) is 0 Å². The average Bonchev–Trinajstić information content (AvgIpc) is 2.63. The Hall–Kier alpha value is -1.78. The van der Waals surface area contributed by atoms with Crippen molar-refractivity contribution in [2.24, 2.45) is 5.11 Å². The van der Waals surface area contributed by atoms with Crippen molar-refractivity contribution in [1.82, 2.24) is 0 Å². The lowest BCUT2D eigenvalue weighted by atomic mass is 10.1. The fourth-order valence-electron chi connectivity index (χ4n) is 2.63. The van der Waals surface area contributed by atoms with Crippen LogP contribution in [0, 0.1) is 0 Å². The molecule has 0 heterocycles. The van der Waals surface area contributed by atoms with Crippen LogP contribution in [0.4, 0.5) is 0 Å². The number of carbonyl (C=O) groups is 1. The predicted octanol–water partition coefficient (Wildman–Crippen LogP) is 5.93. The zero-order valence-electron chi connectivity index (χ0n) is 15.9. The van der Waals surface area contributed by atoms with Gasteiger partial charge in [-0.05, 0) is 63.3 Å². The van der Waals surface area contributed by atoms with Gasteiger partial charge >= 0.3 is 5.97 Å². The van der Waals surface area contributed by atoms with Crippen LogP contribution in [-0.4, -0.2) is 28.8 Å². The van der Waals surface area contributed by atoms with E-state index in [1.165, 1.54) is 32.1 Å². The van der Waals surface area contributed by atoms with Gasteiger partial charge in [-0.2, -0.15) is 0 Å². The molecule has 0 fully saturated rings. The van der Waals surface area contributed by atoms with Crippen LogP contribution in [-0.2, 0) is 4.79 Å². The van der Waals surface area contributed by atoms with E-state index in [1.54, 1.807) is 0 Å². The van der Waals surface area contributed by atoms with Crippen LogP contribution >= 0.6 is 0 Å². The highest BCUT2D eigenvalue weighted by Crippen LogP contribution is 2.10. The molecule has 26 heavy (non-hydrogen) atoms. The molecule has 0 aromatic heterocycles. The van der Waals surface area contributed by atoms with Gasteiger partial charge in [0.15, 0.2) is 0 Å². The first-order chi connectivity index (χ1) is 12.7. The summed E-state index contributed by atoms with van der Waals surface area (Å²) >= 11 is 0. The van der Waals surface area contributed by atoms with Crippen molar-refractivity contribution in [3.8, 4) is 0 Å². The standard InChI is InChI=1S/C20H35N3O3/c21-23-22-19(18-24)16-14-12-10-8-6-4-2-1-3-5-7-9-11-13-15-17-20(25)26/h8-11,19,24H,1-7,12-18H2,(H,25,26)/b10-8-,11-9-/t19-/m1/s1. The van der Waals surface area contributed by atoms with Gasteiger partial charge in [-0.1, -0.05) is 48.7 Å². The lowest BCUT2D eigenvalue weighted by Crippen LogP contribution is -2.08. The lowest BCUT2D eigenvalue weighted by Gasteiger charge is -2.04. The molecule has 1 atom stereocenters. The van der Waals surface area contributed by atoms with Crippen molar-refractivity contribution in [3.05, 3.63) is 34.7 Å². The fourth-order valence-corrected chi connectivity index (χ4v) is 2.63. The maximum Gasteiger partial charge on any atom is 0.303 e. The molecule has 2 N–H and O–H groups in total. The van der Waals surface area contributed by atoms with E-state index in [2.05, 4.69) is 34.3 Å². The SMILES string of the molecule is [N-]=[N+]=N[C@@H](CO)CCC/C=C\CCCCCCC/C=C\CCCC(=O)O. The molecule has 0 unspecified atom stereocenters.